The first kappa shape index (κ1) is 20.8. The molecule has 1 amide bonds. The van der Waals surface area contributed by atoms with Crippen LogP contribution in [0, 0.1) is 6.92 Å². The monoisotopic (exact) mass is 421 g/mol. The number of benzene rings is 2. The lowest BCUT2D eigenvalue weighted by Crippen LogP contribution is -3.12. The number of aryl methyl sites for hydroxylation is 1. The predicted molar refractivity (Wildman–Crippen MR) is 111 cm³/mol. The van der Waals surface area contributed by atoms with Crippen molar-refractivity contribution >= 4 is 27.3 Å². The van der Waals surface area contributed by atoms with Gasteiger partial charge in [-0.25, -0.2) is 8.42 Å². The van der Waals surface area contributed by atoms with E-state index in [1.807, 2.05) is 19.1 Å². The quantitative estimate of drug-likeness (QED) is 0.776. The molecule has 0 radical (unpaired) electrons. The topological polar surface area (TPSA) is 67.7 Å². The maximum absolute atomic E-state index is 12.7. The minimum atomic E-state index is -3.34. The first-order valence-electron chi connectivity index (χ1n) is 9.42. The van der Waals surface area contributed by atoms with Crippen molar-refractivity contribution in [1.82, 2.24) is 5.32 Å². The fourth-order valence-corrected chi connectivity index (χ4v) is 4.35. The van der Waals surface area contributed by atoms with Crippen LogP contribution in [-0.4, -0.2) is 39.7 Å². The Morgan fingerprint density at radius 3 is 2.39 bits per heavy atom. The van der Waals surface area contributed by atoms with Crippen LogP contribution in [0.1, 0.15) is 34.3 Å². The molecule has 0 unspecified atom stereocenters. The highest BCUT2D eigenvalue weighted by Crippen LogP contribution is 2.16. The first-order chi connectivity index (χ1) is 13.2. The third kappa shape index (κ3) is 5.34. The molecule has 0 aromatic heterocycles. The maximum Gasteiger partial charge on any atom is 0.251 e. The molecule has 28 heavy (non-hydrogen) atoms. The van der Waals surface area contributed by atoms with Crippen LogP contribution in [0.2, 0.25) is 5.02 Å². The van der Waals surface area contributed by atoms with E-state index in [2.05, 4.69) is 17.4 Å². The summed E-state index contributed by atoms with van der Waals surface area (Å²) in [6, 6.07) is 12.8. The van der Waals surface area contributed by atoms with Gasteiger partial charge in [0.15, 0.2) is 9.84 Å². The minimum Gasteiger partial charge on any atom is -0.349 e. The van der Waals surface area contributed by atoms with Gasteiger partial charge in [-0.05, 0) is 36.8 Å². The second-order valence-corrected chi connectivity index (χ2v) is 10.0. The average molecular weight is 422 g/mol. The number of piperidine rings is 1. The Bertz CT molecular complexity index is 950. The van der Waals surface area contributed by atoms with Crippen LogP contribution in [-0.2, 0) is 16.4 Å². The molecule has 0 bridgehead atoms. The van der Waals surface area contributed by atoms with Gasteiger partial charge >= 0.3 is 0 Å². The van der Waals surface area contributed by atoms with Gasteiger partial charge in [0.25, 0.3) is 5.91 Å². The zero-order valence-corrected chi connectivity index (χ0v) is 17.7. The van der Waals surface area contributed by atoms with Crippen LogP contribution in [0.4, 0.5) is 0 Å². The van der Waals surface area contributed by atoms with E-state index in [1.54, 1.807) is 12.1 Å². The minimum absolute atomic E-state index is 0.114. The molecular weight excluding hydrogens is 396 g/mol. The van der Waals surface area contributed by atoms with Crippen LogP contribution >= 0.6 is 11.6 Å². The maximum atomic E-state index is 12.7. The van der Waals surface area contributed by atoms with Crippen LogP contribution in [0.5, 0.6) is 0 Å². The number of hydrogen-bond donors (Lipinski definition) is 2. The molecule has 1 heterocycles. The number of carbonyl (C=O) groups excluding carboxylic acids is 1. The zero-order valence-electron chi connectivity index (χ0n) is 16.2. The van der Waals surface area contributed by atoms with Crippen molar-refractivity contribution in [2.24, 2.45) is 0 Å². The summed E-state index contributed by atoms with van der Waals surface area (Å²) in [6.07, 6.45) is 2.96. The summed E-state index contributed by atoms with van der Waals surface area (Å²) in [5, 5.41) is 3.83. The first-order valence-corrected chi connectivity index (χ1v) is 11.7. The van der Waals surface area contributed by atoms with E-state index in [-0.39, 0.29) is 16.8 Å². The fourth-order valence-electron chi connectivity index (χ4n) is 3.58. The smallest absolute Gasteiger partial charge is 0.251 e. The molecule has 150 valence electrons. The Hall–Kier alpha value is -1.89. The number of halogens is 1. The van der Waals surface area contributed by atoms with E-state index in [9.17, 15) is 13.2 Å². The van der Waals surface area contributed by atoms with Crippen molar-refractivity contribution in [2.75, 3.05) is 19.3 Å². The molecule has 0 saturated carbocycles. The van der Waals surface area contributed by atoms with E-state index in [1.165, 1.54) is 16.5 Å². The van der Waals surface area contributed by atoms with Gasteiger partial charge in [0.2, 0.25) is 0 Å². The summed E-state index contributed by atoms with van der Waals surface area (Å²) in [5.74, 6) is -0.200. The highest BCUT2D eigenvalue weighted by Gasteiger charge is 2.24. The lowest BCUT2D eigenvalue weighted by molar-refractivity contribution is -0.918. The van der Waals surface area contributed by atoms with Crippen LogP contribution < -0.4 is 10.2 Å². The molecule has 0 spiro atoms. The SMILES string of the molecule is Cc1ccc(S(C)(=O)=O)cc1C(=O)NC1CC[NH+](Cc2ccc(Cl)cc2)CC1. The number of quaternary nitrogens is 1. The van der Waals surface area contributed by atoms with Gasteiger partial charge in [0.05, 0.1) is 18.0 Å². The fraction of sp³-hybridized carbons (Fsp3) is 0.381. The van der Waals surface area contributed by atoms with Crippen molar-refractivity contribution in [3.63, 3.8) is 0 Å². The third-order valence-electron chi connectivity index (χ3n) is 5.28. The van der Waals surface area contributed by atoms with Crippen molar-refractivity contribution in [3.05, 3.63) is 64.2 Å². The third-order valence-corrected chi connectivity index (χ3v) is 6.64. The summed E-state index contributed by atoms with van der Waals surface area (Å²) < 4.78 is 23.5. The molecule has 0 atom stereocenters. The van der Waals surface area contributed by atoms with Gasteiger partial charge in [-0.2, -0.15) is 0 Å². The van der Waals surface area contributed by atoms with Crippen molar-refractivity contribution in [1.29, 1.82) is 0 Å². The summed E-state index contributed by atoms with van der Waals surface area (Å²) in [4.78, 5) is 14.4. The number of sulfone groups is 1. The molecular formula is C21H26ClN2O3S+. The molecule has 1 saturated heterocycles. The average Bonchev–Trinajstić information content (AvgIpc) is 2.64. The van der Waals surface area contributed by atoms with Gasteiger partial charge in [-0.3, -0.25) is 4.79 Å². The van der Waals surface area contributed by atoms with E-state index in [4.69, 9.17) is 11.6 Å². The number of likely N-dealkylation sites (tertiary alicyclic amines) is 1. The Labute approximate surface area is 171 Å². The number of hydrogen-bond acceptors (Lipinski definition) is 3. The summed E-state index contributed by atoms with van der Waals surface area (Å²) in [7, 11) is -3.34. The Morgan fingerprint density at radius 2 is 1.79 bits per heavy atom. The summed E-state index contributed by atoms with van der Waals surface area (Å²) in [5.41, 5.74) is 2.46. The largest absolute Gasteiger partial charge is 0.349 e. The van der Waals surface area contributed by atoms with Gasteiger partial charge in [0.1, 0.15) is 6.54 Å². The second kappa shape index (κ2) is 8.64. The highest BCUT2D eigenvalue weighted by molar-refractivity contribution is 7.90. The Balaban J connectivity index is 1.57. The van der Waals surface area contributed by atoms with Crippen molar-refractivity contribution < 1.29 is 18.1 Å². The lowest BCUT2D eigenvalue weighted by Gasteiger charge is -2.30. The van der Waals surface area contributed by atoms with Crippen LogP contribution in [0.3, 0.4) is 0 Å². The Morgan fingerprint density at radius 1 is 1.14 bits per heavy atom. The molecule has 5 nitrogen and oxygen atoms in total. The van der Waals surface area contributed by atoms with E-state index in [0.29, 0.717) is 5.56 Å². The molecule has 2 aromatic carbocycles. The number of nitrogens with one attached hydrogen (secondary N) is 2. The van der Waals surface area contributed by atoms with Crippen LogP contribution in [0.25, 0.3) is 0 Å². The molecule has 2 aromatic rings. The summed E-state index contributed by atoms with van der Waals surface area (Å²) >= 11 is 5.94. The van der Waals surface area contributed by atoms with Crippen molar-refractivity contribution in [3.8, 4) is 0 Å². The van der Waals surface area contributed by atoms with E-state index in [0.717, 1.165) is 49.3 Å². The van der Waals surface area contributed by atoms with Gasteiger partial charge in [-0.15, -0.1) is 0 Å². The molecule has 1 fully saturated rings. The second-order valence-electron chi connectivity index (χ2n) is 7.55. The standard InChI is InChI=1S/C21H25ClN2O3S/c1-15-3-8-19(28(2,26)27)13-20(15)21(25)23-18-9-11-24(12-10-18)14-16-4-6-17(22)7-5-16/h3-8,13,18H,9-12,14H2,1-2H3,(H,23,25)/p+1. The van der Waals surface area contributed by atoms with Gasteiger partial charge in [0, 0.05) is 41.3 Å². The summed E-state index contributed by atoms with van der Waals surface area (Å²) in [6.45, 7) is 4.74. The van der Waals surface area contributed by atoms with Crippen LogP contribution in [0.15, 0.2) is 47.4 Å². The van der Waals surface area contributed by atoms with E-state index < -0.39 is 9.84 Å². The zero-order chi connectivity index (χ0) is 20.3. The molecule has 2 N–H and O–H groups in total. The normalized spacial score (nSPS) is 20.0. The predicted octanol–water partition coefficient (Wildman–Crippen LogP) is 2.03. The highest BCUT2D eigenvalue weighted by atomic mass is 35.5. The molecule has 3 rings (SSSR count). The molecule has 1 aliphatic heterocycles. The number of amides is 1. The van der Waals surface area contributed by atoms with Gasteiger partial charge < -0.3 is 10.2 Å². The van der Waals surface area contributed by atoms with Crippen molar-refractivity contribution in [2.45, 2.75) is 37.2 Å². The van der Waals surface area contributed by atoms with E-state index >= 15 is 0 Å². The molecule has 0 aliphatic carbocycles. The Kier molecular flexibility index (Phi) is 6.43. The lowest BCUT2D eigenvalue weighted by atomic mass is 10.0. The number of carbonyl (C=O) groups is 1. The molecule has 7 heteroatoms. The van der Waals surface area contributed by atoms with Gasteiger partial charge in [-0.1, -0.05) is 29.8 Å². The molecule has 1 aliphatic rings. The number of rotatable bonds is 5.